The maximum absolute atomic E-state index is 13.0. The number of nitrogens with one attached hydrogen (secondary N) is 1. The molecule has 0 spiro atoms. The zero-order chi connectivity index (χ0) is 22.2. The van der Waals surface area contributed by atoms with Crippen molar-refractivity contribution in [1.29, 1.82) is 0 Å². The van der Waals surface area contributed by atoms with Gasteiger partial charge in [-0.15, -0.1) is 0 Å². The molecule has 0 aliphatic rings. The number of nitrogens with zero attached hydrogens (tertiary/aromatic N) is 3. The fourth-order valence-corrected chi connectivity index (χ4v) is 5.22. The molecule has 2 aromatic carbocycles. The first kappa shape index (κ1) is 21.2. The lowest BCUT2D eigenvalue weighted by Gasteiger charge is -2.20. The molecule has 0 saturated carbocycles. The number of hydrogen-bond donors (Lipinski definition) is 1. The van der Waals surface area contributed by atoms with Crippen molar-refractivity contribution in [3.63, 3.8) is 0 Å². The van der Waals surface area contributed by atoms with Gasteiger partial charge in [0.05, 0.1) is 27.0 Å². The average Bonchev–Trinajstić information content (AvgIpc) is 3.14. The van der Waals surface area contributed by atoms with Gasteiger partial charge < -0.3 is 5.32 Å². The molecule has 4 aromatic rings. The fraction of sp³-hybridized carbons (Fsp3) is 0.0952. The number of halogens is 1. The van der Waals surface area contributed by atoms with E-state index in [4.69, 9.17) is 11.6 Å². The molecule has 0 atom stereocenters. The number of carbonyl (C=O) groups excluding carboxylic acids is 1. The Morgan fingerprint density at radius 1 is 1.06 bits per heavy atom. The second kappa shape index (κ2) is 8.26. The van der Waals surface area contributed by atoms with Crippen LogP contribution in [0, 0.1) is 0 Å². The highest BCUT2D eigenvalue weighted by Crippen LogP contribution is 2.32. The second-order valence-electron chi connectivity index (χ2n) is 6.74. The Hall–Kier alpha value is -3.01. The molecule has 1 N–H and O–H groups in total. The summed E-state index contributed by atoms with van der Waals surface area (Å²) in [6.07, 6.45) is 3.17. The molecule has 7 nitrogen and oxygen atoms in total. The van der Waals surface area contributed by atoms with Crippen LogP contribution in [0.15, 0.2) is 65.8 Å². The molecule has 0 radical (unpaired) electrons. The van der Waals surface area contributed by atoms with Gasteiger partial charge in [-0.25, -0.2) is 13.4 Å². The minimum Gasteiger partial charge on any atom is -0.302 e. The summed E-state index contributed by atoms with van der Waals surface area (Å²) in [5.41, 5.74) is 2.81. The van der Waals surface area contributed by atoms with Crippen LogP contribution in [0.25, 0.3) is 21.3 Å². The van der Waals surface area contributed by atoms with Crippen molar-refractivity contribution in [2.75, 3.05) is 16.7 Å². The Morgan fingerprint density at radius 3 is 2.52 bits per heavy atom. The Bertz CT molecular complexity index is 1390. The van der Waals surface area contributed by atoms with Crippen LogP contribution >= 0.6 is 22.9 Å². The van der Waals surface area contributed by atoms with E-state index in [1.807, 2.05) is 18.2 Å². The van der Waals surface area contributed by atoms with Crippen molar-refractivity contribution in [2.45, 2.75) is 11.8 Å². The predicted octanol–water partition coefficient (Wildman–Crippen LogP) is 4.80. The van der Waals surface area contributed by atoms with Gasteiger partial charge in [-0.2, -0.15) is 0 Å². The zero-order valence-corrected chi connectivity index (χ0v) is 18.9. The summed E-state index contributed by atoms with van der Waals surface area (Å²) in [5.74, 6) is -0.180. The van der Waals surface area contributed by atoms with E-state index in [9.17, 15) is 13.2 Å². The van der Waals surface area contributed by atoms with Gasteiger partial charge >= 0.3 is 0 Å². The lowest BCUT2D eigenvalue weighted by Crippen LogP contribution is -2.26. The maximum Gasteiger partial charge on any atom is 0.264 e. The van der Waals surface area contributed by atoms with Crippen molar-refractivity contribution < 1.29 is 13.2 Å². The molecule has 1 amide bonds. The third-order valence-corrected chi connectivity index (χ3v) is 7.55. The van der Waals surface area contributed by atoms with Crippen molar-refractivity contribution in [2.24, 2.45) is 0 Å². The highest BCUT2D eigenvalue weighted by molar-refractivity contribution is 7.92. The van der Waals surface area contributed by atoms with E-state index in [0.717, 1.165) is 21.3 Å². The first-order chi connectivity index (χ1) is 14.7. The number of benzene rings is 2. The van der Waals surface area contributed by atoms with Crippen molar-refractivity contribution in [3.8, 4) is 11.1 Å². The van der Waals surface area contributed by atoms with Crippen LogP contribution in [0.5, 0.6) is 0 Å². The quantitative estimate of drug-likeness (QED) is 0.450. The van der Waals surface area contributed by atoms with Gasteiger partial charge in [0.15, 0.2) is 5.13 Å². The van der Waals surface area contributed by atoms with Crippen LogP contribution in [-0.4, -0.2) is 31.3 Å². The summed E-state index contributed by atoms with van der Waals surface area (Å²) in [6.45, 7) is 1.43. The zero-order valence-electron chi connectivity index (χ0n) is 16.5. The molecule has 0 fully saturated rings. The number of fused-ring (bicyclic) bond motifs is 1. The van der Waals surface area contributed by atoms with Gasteiger partial charge in [-0.1, -0.05) is 29.0 Å². The van der Waals surface area contributed by atoms with Gasteiger partial charge in [0.2, 0.25) is 5.91 Å². The number of anilines is 2. The number of rotatable bonds is 5. The van der Waals surface area contributed by atoms with E-state index in [-0.39, 0.29) is 10.8 Å². The summed E-state index contributed by atoms with van der Waals surface area (Å²) in [6, 6.07) is 13.4. The summed E-state index contributed by atoms with van der Waals surface area (Å²) >= 11 is 7.24. The van der Waals surface area contributed by atoms with Crippen LogP contribution in [0.1, 0.15) is 6.92 Å². The highest BCUT2D eigenvalue weighted by atomic mass is 35.5. The monoisotopic (exact) mass is 472 g/mol. The highest BCUT2D eigenvalue weighted by Gasteiger charge is 2.22. The van der Waals surface area contributed by atoms with Crippen LogP contribution in [0.2, 0.25) is 5.02 Å². The van der Waals surface area contributed by atoms with E-state index in [1.54, 1.807) is 12.3 Å². The van der Waals surface area contributed by atoms with Crippen molar-refractivity contribution >= 4 is 59.9 Å². The first-order valence-electron chi connectivity index (χ1n) is 9.12. The van der Waals surface area contributed by atoms with E-state index in [1.165, 1.54) is 60.1 Å². The van der Waals surface area contributed by atoms with Crippen LogP contribution in [0.4, 0.5) is 10.8 Å². The summed E-state index contributed by atoms with van der Waals surface area (Å²) < 4.78 is 28.0. The van der Waals surface area contributed by atoms with Crippen LogP contribution < -0.4 is 9.62 Å². The number of aromatic nitrogens is 2. The summed E-state index contributed by atoms with van der Waals surface area (Å²) in [7, 11) is -2.28. The van der Waals surface area contributed by atoms with Crippen LogP contribution in [0.3, 0.4) is 0 Å². The third-order valence-electron chi connectivity index (χ3n) is 4.56. The molecule has 158 valence electrons. The van der Waals surface area contributed by atoms with E-state index >= 15 is 0 Å². The molecule has 0 bridgehead atoms. The van der Waals surface area contributed by atoms with Crippen LogP contribution in [-0.2, 0) is 14.8 Å². The Labute approximate surface area is 188 Å². The molecule has 0 unspecified atom stereocenters. The van der Waals surface area contributed by atoms with Gasteiger partial charge in [0.1, 0.15) is 0 Å². The van der Waals surface area contributed by atoms with Crippen molar-refractivity contribution in [3.05, 3.63) is 65.9 Å². The maximum atomic E-state index is 13.0. The molecule has 4 rings (SSSR count). The molecule has 2 aromatic heterocycles. The smallest absolute Gasteiger partial charge is 0.264 e. The van der Waals surface area contributed by atoms with E-state index in [2.05, 4.69) is 15.3 Å². The number of hydrogen-bond acceptors (Lipinski definition) is 6. The number of sulfonamides is 1. The molecule has 0 saturated heterocycles. The summed E-state index contributed by atoms with van der Waals surface area (Å²) in [4.78, 5) is 20.0. The number of pyridine rings is 1. The number of thiazole rings is 1. The number of amides is 1. The van der Waals surface area contributed by atoms with Gasteiger partial charge in [-0.05, 0) is 48.0 Å². The molecule has 2 heterocycles. The Balaban J connectivity index is 1.67. The minimum absolute atomic E-state index is 0.140. The average molecular weight is 473 g/mol. The molecule has 0 aliphatic heterocycles. The Morgan fingerprint density at radius 2 is 1.81 bits per heavy atom. The fourth-order valence-electron chi connectivity index (χ4n) is 2.97. The van der Waals surface area contributed by atoms with E-state index < -0.39 is 10.0 Å². The topological polar surface area (TPSA) is 92.3 Å². The summed E-state index contributed by atoms with van der Waals surface area (Å²) in [5, 5.41) is 3.68. The largest absolute Gasteiger partial charge is 0.302 e. The van der Waals surface area contributed by atoms with Gasteiger partial charge in [-0.3, -0.25) is 14.1 Å². The normalized spacial score (nSPS) is 11.5. The van der Waals surface area contributed by atoms with E-state index in [0.29, 0.717) is 15.8 Å². The third kappa shape index (κ3) is 4.39. The standard InChI is InChI=1S/C21H17ClN4O3S2/c1-13(27)24-21-25-19-8-3-14(10-20(19)30-21)15-9-17(12-23-11-15)26(2)31(28,29)18-6-4-16(22)5-7-18/h3-12H,1-2H3,(H,24,25,27). The lowest BCUT2D eigenvalue weighted by molar-refractivity contribution is -0.114. The SMILES string of the molecule is CC(=O)Nc1nc2ccc(-c3cncc(N(C)S(=O)(=O)c4ccc(Cl)cc4)c3)cc2s1. The van der Waals surface area contributed by atoms with Gasteiger partial charge in [0, 0.05) is 30.8 Å². The molecular formula is C21H17ClN4O3S2. The lowest BCUT2D eigenvalue weighted by atomic mass is 10.1. The molecule has 10 heteroatoms. The minimum atomic E-state index is -3.76. The predicted molar refractivity (Wildman–Crippen MR) is 124 cm³/mol. The first-order valence-corrected chi connectivity index (χ1v) is 11.8. The number of carbonyl (C=O) groups is 1. The second-order valence-corrected chi connectivity index (χ2v) is 10.2. The van der Waals surface area contributed by atoms with Gasteiger partial charge in [0.25, 0.3) is 10.0 Å². The molecule has 0 aliphatic carbocycles. The Kier molecular flexibility index (Phi) is 5.65. The van der Waals surface area contributed by atoms with Crippen molar-refractivity contribution in [1.82, 2.24) is 9.97 Å². The molecular weight excluding hydrogens is 456 g/mol. The molecule has 31 heavy (non-hydrogen) atoms.